The number of esters is 1. The SMILES string of the molecule is CC(=O)Oc1ccc(NC(=O)C[C@H]2S/C(=N\N=C3CCCCC3)NC2=O)cc1. The lowest BCUT2D eigenvalue weighted by Gasteiger charge is -2.10. The van der Waals surface area contributed by atoms with Gasteiger partial charge >= 0.3 is 5.97 Å². The largest absolute Gasteiger partial charge is 0.427 e. The van der Waals surface area contributed by atoms with Crippen molar-refractivity contribution >= 4 is 46.1 Å². The molecule has 1 saturated heterocycles. The van der Waals surface area contributed by atoms with Gasteiger partial charge in [0.05, 0.1) is 0 Å². The fraction of sp³-hybridized carbons (Fsp3) is 0.421. The van der Waals surface area contributed by atoms with Crippen molar-refractivity contribution in [2.24, 2.45) is 10.2 Å². The lowest BCUT2D eigenvalue weighted by Crippen LogP contribution is -2.28. The van der Waals surface area contributed by atoms with Crippen molar-refractivity contribution in [2.45, 2.75) is 50.7 Å². The summed E-state index contributed by atoms with van der Waals surface area (Å²) in [5.41, 5.74) is 1.62. The molecule has 1 aliphatic heterocycles. The van der Waals surface area contributed by atoms with Crippen LogP contribution in [0, 0.1) is 0 Å². The molecule has 28 heavy (non-hydrogen) atoms. The van der Waals surface area contributed by atoms with Gasteiger partial charge in [0.2, 0.25) is 11.8 Å². The highest BCUT2D eigenvalue weighted by molar-refractivity contribution is 8.15. The van der Waals surface area contributed by atoms with Crippen LogP contribution in [0.5, 0.6) is 5.75 Å². The summed E-state index contributed by atoms with van der Waals surface area (Å²) in [6.45, 7) is 1.32. The molecular weight excluding hydrogens is 380 g/mol. The Labute approximate surface area is 167 Å². The number of ether oxygens (including phenoxy) is 1. The lowest BCUT2D eigenvalue weighted by molar-refractivity contribution is -0.131. The van der Waals surface area contributed by atoms with Crippen LogP contribution in [0.15, 0.2) is 34.5 Å². The molecule has 0 radical (unpaired) electrons. The Morgan fingerprint density at radius 3 is 2.57 bits per heavy atom. The van der Waals surface area contributed by atoms with E-state index in [0.29, 0.717) is 16.6 Å². The molecular formula is C19H22N4O4S. The molecule has 2 fully saturated rings. The third-order valence-electron chi connectivity index (χ3n) is 4.26. The van der Waals surface area contributed by atoms with Crippen molar-refractivity contribution in [3.05, 3.63) is 24.3 Å². The predicted molar refractivity (Wildman–Crippen MR) is 108 cm³/mol. The first-order valence-electron chi connectivity index (χ1n) is 9.19. The van der Waals surface area contributed by atoms with Crippen LogP contribution >= 0.6 is 11.8 Å². The van der Waals surface area contributed by atoms with Crippen LogP contribution in [0.1, 0.15) is 45.4 Å². The zero-order valence-electron chi connectivity index (χ0n) is 15.6. The van der Waals surface area contributed by atoms with Crippen LogP contribution < -0.4 is 15.4 Å². The molecule has 148 valence electrons. The topological polar surface area (TPSA) is 109 Å². The minimum Gasteiger partial charge on any atom is -0.427 e. The van der Waals surface area contributed by atoms with Gasteiger partial charge in [0.1, 0.15) is 11.0 Å². The van der Waals surface area contributed by atoms with Crippen molar-refractivity contribution in [3.63, 3.8) is 0 Å². The van der Waals surface area contributed by atoms with Gasteiger partial charge in [-0.15, -0.1) is 5.10 Å². The normalized spacial score (nSPS) is 20.6. The number of hydrogen-bond acceptors (Lipinski definition) is 7. The van der Waals surface area contributed by atoms with E-state index in [2.05, 4.69) is 20.8 Å². The van der Waals surface area contributed by atoms with Crippen molar-refractivity contribution < 1.29 is 19.1 Å². The molecule has 1 aliphatic carbocycles. The number of nitrogens with one attached hydrogen (secondary N) is 2. The second-order valence-corrected chi connectivity index (χ2v) is 7.79. The van der Waals surface area contributed by atoms with Crippen LogP contribution in [0.25, 0.3) is 0 Å². The first-order valence-corrected chi connectivity index (χ1v) is 10.1. The summed E-state index contributed by atoms with van der Waals surface area (Å²) >= 11 is 1.22. The van der Waals surface area contributed by atoms with E-state index in [1.165, 1.54) is 25.1 Å². The van der Waals surface area contributed by atoms with Crippen LogP contribution in [-0.2, 0) is 14.4 Å². The molecule has 0 aromatic heterocycles. The number of carbonyl (C=O) groups is 3. The van der Waals surface area contributed by atoms with Gasteiger partial charge < -0.3 is 15.4 Å². The summed E-state index contributed by atoms with van der Waals surface area (Å²) in [6, 6.07) is 6.43. The Hall–Kier alpha value is -2.68. The highest BCUT2D eigenvalue weighted by Gasteiger charge is 2.32. The molecule has 8 nitrogen and oxygen atoms in total. The number of rotatable bonds is 5. The zero-order valence-corrected chi connectivity index (χ0v) is 16.4. The van der Waals surface area contributed by atoms with Gasteiger partial charge in [-0.25, -0.2) is 0 Å². The smallest absolute Gasteiger partial charge is 0.308 e. The summed E-state index contributed by atoms with van der Waals surface area (Å²) in [5.74, 6) is -0.538. The summed E-state index contributed by atoms with van der Waals surface area (Å²) < 4.78 is 4.94. The highest BCUT2D eigenvalue weighted by atomic mass is 32.2. The Kier molecular flexibility index (Phi) is 6.80. The number of carbonyl (C=O) groups excluding carboxylic acids is 3. The summed E-state index contributed by atoms with van der Waals surface area (Å²) in [4.78, 5) is 35.2. The molecule has 1 atom stereocenters. The number of nitrogens with zero attached hydrogens (tertiary/aromatic N) is 2. The number of benzene rings is 1. The van der Waals surface area contributed by atoms with Crippen molar-refractivity contribution in [1.82, 2.24) is 5.32 Å². The highest BCUT2D eigenvalue weighted by Crippen LogP contribution is 2.24. The molecule has 3 rings (SSSR count). The van der Waals surface area contributed by atoms with Gasteiger partial charge in [-0.3, -0.25) is 14.4 Å². The van der Waals surface area contributed by atoms with E-state index in [4.69, 9.17) is 4.74 Å². The van der Waals surface area contributed by atoms with Crippen LogP contribution in [0.3, 0.4) is 0 Å². The third-order valence-corrected chi connectivity index (χ3v) is 5.33. The second kappa shape index (κ2) is 9.50. The average Bonchev–Trinajstić information content (AvgIpc) is 3.01. The van der Waals surface area contributed by atoms with Crippen molar-refractivity contribution in [3.8, 4) is 5.75 Å². The van der Waals surface area contributed by atoms with E-state index in [1.807, 2.05) is 0 Å². The van der Waals surface area contributed by atoms with Crippen molar-refractivity contribution in [1.29, 1.82) is 0 Å². The van der Waals surface area contributed by atoms with E-state index in [9.17, 15) is 14.4 Å². The van der Waals surface area contributed by atoms with Gasteiger partial charge in [-0.1, -0.05) is 18.2 Å². The van der Waals surface area contributed by atoms with Gasteiger partial charge in [0.25, 0.3) is 0 Å². The number of hydrogen-bond donors (Lipinski definition) is 2. The molecule has 2 amide bonds. The summed E-state index contributed by atoms with van der Waals surface area (Å²) in [5, 5.41) is 13.7. The maximum Gasteiger partial charge on any atom is 0.308 e. The standard InChI is InChI=1S/C19H22N4O4S/c1-12(24)27-15-9-7-13(8-10-15)20-17(25)11-16-18(26)21-19(28-16)23-22-14-5-3-2-4-6-14/h7-10,16H,2-6,11H2,1H3,(H,20,25)(H,21,23,26)/t16-/m1/s1. The number of amidine groups is 1. The van der Waals surface area contributed by atoms with Crippen molar-refractivity contribution in [2.75, 3.05) is 5.32 Å². The molecule has 1 aromatic carbocycles. The van der Waals surface area contributed by atoms with Gasteiger partial charge in [0.15, 0.2) is 5.17 Å². The van der Waals surface area contributed by atoms with Gasteiger partial charge in [-0.05, 0) is 49.9 Å². The molecule has 1 aromatic rings. The Morgan fingerprint density at radius 2 is 1.89 bits per heavy atom. The monoisotopic (exact) mass is 402 g/mol. The minimum absolute atomic E-state index is 0.0256. The molecule has 2 aliphatic rings. The molecule has 1 heterocycles. The van der Waals surface area contributed by atoms with E-state index in [-0.39, 0.29) is 18.2 Å². The van der Waals surface area contributed by atoms with E-state index >= 15 is 0 Å². The first kappa shape index (κ1) is 20.1. The Balaban J connectivity index is 1.51. The average molecular weight is 402 g/mol. The van der Waals surface area contributed by atoms with Crippen LogP contribution in [0.2, 0.25) is 0 Å². The number of amides is 2. The van der Waals surface area contributed by atoms with E-state index in [1.54, 1.807) is 24.3 Å². The second-order valence-electron chi connectivity index (χ2n) is 6.60. The van der Waals surface area contributed by atoms with Gasteiger partial charge in [0, 0.05) is 24.7 Å². The molecule has 0 unspecified atom stereocenters. The predicted octanol–water partition coefficient (Wildman–Crippen LogP) is 2.85. The Morgan fingerprint density at radius 1 is 1.18 bits per heavy atom. The van der Waals surface area contributed by atoms with Crippen LogP contribution in [-0.4, -0.2) is 33.9 Å². The number of thioether (sulfide) groups is 1. The molecule has 9 heteroatoms. The maximum absolute atomic E-state index is 12.2. The molecule has 0 bridgehead atoms. The third kappa shape index (κ3) is 5.91. The Bertz CT molecular complexity index is 812. The molecule has 0 spiro atoms. The quantitative estimate of drug-likeness (QED) is 0.447. The molecule has 1 saturated carbocycles. The summed E-state index contributed by atoms with van der Waals surface area (Å²) in [6.07, 6.45) is 5.43. The number of anilines is 1. The van der Waals surface area contributed by atoms with Crippen LogP contribution in [0.4, 0.5) is 5.69 Å². The molecule has 2 N–H and O–H groups in total. The fourth-order valence-electron chi connectivity index (χ4n) is 2.92. The fourth-order valence-corrected chi connectivity index (χ4v) is 3.83. The first-order chi connectivity index (χ1) is 13.5. The maximum atomic E-state index is 12.2. The van der Waals surface area contributed by atoms with E-state index < -0.39 is 11.2 Å². The van der Waals surface area contributed by atoms with E-state index in [0.717, 1.165) is 31.4 Å². The summed E-state index contributed by atoms with van der Waals surface area (Å²) in [7, 11) is 0. The lowest BCUT2D eigenvalue weighted by atomic mass is 9.99. The van der Waals surface area contributed by atoms with Gasteiger partial charge in [-0.2, -0.15) is 5.10 Å². The minimum atomic E-state index is -0.536. The zero-order chi connectivity index (χ0) is 19.9.